The highest BCUT2D eigenvalue weighted by molar-refractivity contribution is 5.12. The fourth-order valence-corrected chi connectivity index (χ4v) is 5.94. The minimum Gasteiger partial charge on any atom is -0.394 e. The van der Waals surface area contributed by atoms with E-state index in [1.807, 2.05) is 42.5 Å². The van der Waals surface area contributed by atoms with E-state index in [2.05, 4.69) is 19.2 Å². The average molecular weight is 741 g/mol. The van der Waals surface area contributed by atoms with Crippen LogP contribution in [0.4, 0.5) is 0 Å². The predicted octanol–water partition coefficient (Wildman–Crippen LogP) is -0.873. The molecule has 2 fully saturated rings. The minimum absolute atomic E-state index is 0.0492. The van der Waals surface area contributed by atoms with E-state index in [0.717, 1.165) is 12.8 Å². The van der Waals surface area contributed by atoms with Crippen LogP contribution in [0.1, 0.15) is 51.4 Å². The lowest BCUT2D eigenvalue weighted by atomic mass is 9.87. The predicted molar refractivity (Wildman–Crippen MR) is 192 cm³/mol. The van der Waals surface area contributed by atoms with Gasteiger partial charge in [0.25, 0.3) is 0 Å². The molecule has 0 aliphatic carbocycles. The summed E-state index contributed by atoms with van der Waals surface area (Å²) >= 11 is 0. The maximum atomic E-state index is 10.9. The van der Waals surface area contributed by atoms with Crippen LogP contribution in [0, 0.1) is 0 Å². The Morgan fingerprint density at radius 3 is 1.71 bits per heavy atom. The van der Waals surface area contributed by atoms with Gasteiger partial charge < -0.3 is 70.8 Å². The fourth-order valence-electron chi connectivity index (χ4n) is 5.94. The quantitative estimate of drug-likeness (QED) is 0.0366. The normalized spacial score (nSPS) is 31.7. The first-order chi connectivity index (χ1) is 24.7. The third kappa shape index (κ3) is 14.5. The third-order valence-electron chi connectivity index (χ3n) is 9.20. The van der Waals surface area contributed by atoms with Crippen molar-refractivity contribution >= 4 is 0 Å². The van der Waals surface area contributed by atoms with Crippen molar-refractivity contribution in [2.45, 2.75) is 143 Å². The van der Waals surface area contributed by atoms with E-state index in [9.17, 15) is 56.2 Å². The molecule has 0 unspecified atom stereocenters. The molecule has 15 atom stereocenters. The molecule has 0 amide bonds. The Balaban J connectivity index is 1.86. The van der Waals surface area contributed by atoms with Crippen LogP contribution >= 0.6 is 0 Å². The number of hydrogen-bond acceptors (Lipinski definition) is 14. The first kappa shape index (κ1) is 45.8. The summed E-state index contributed by atoms with van der Waals surface area (Å²) in [7, 11) is 0. The molecule has 2 aliphatic rings. The van der Waals surface area contributed by atoms with Crippen LogP contribution in [0.15, 0.2) is 85.6 Å². The second-order valence-corrected chi connectivity index (χ2v) is 13.3. The van der Waals surface area contributed by atoms with Gasteiger partial charge in [-0.1, -0.05) is 80.0 Å². The number of hydrogen-bond donors (Lipinski definition) is 12. The second kappa shape index (κ2) is 24.1. The average Bonchev–Trinajstić information content (AvgIpc) is 3.14. The summed E-state index contributed by atoms with van der Waals surface area (Å²) < 4.78 is 11.2. The molecule has 0 bridgehead atoms. The van der Waals surface area contributed by atoms with Gasteiger partial charge in [0.05, 0.1) is 37.1 Å². The molecule has 2 saturated heterocycles. The van der Waals surface area contributed by atoms with Crippen molar-refractivity contribution in [1.29, 1.82) is 0 Å². The summed E-state index contributed by atoms with van der Waals surface area (Å²) in [5.41, 5.74) is 0.0492. The van der Waals surface area contributed by atoms with Crippen LogP contribution in [0.25, 0.3) is 0 Å². The van der Waals surface area contributed by atoms with Gasteiger partial charge in [-0.2, -0.15) is 0 Å². The summed E-state index contributed by atoms with van der Waals surface area (Å²) in [5, 5.41) is 124. The molecule has 2 rings (SSSR count). The van der Waals surface area contributed by atoms with E-state index >= 15 is 0 Å². The Labute approximate surface area is 305 Å². The highest BCUT2D eigenvalue weighted by Gasteiger charge is 2.47. The molecule has 296 valence electrons. The summed E-state index contributed by atoms with van der Waals surface area (Å²) in [6.45, 7) is 6.55. The van der Waals surface area contributed by atoms with Gasteiger partial charge in [-0.05, 0) is 44.1 Å². The number of ether oxygens (including phenoxy) is 2. The molecular weight excluding hydrogens is 680 g/mol. The molecule has 2 heterocycles. The van der Waals surface area contributed by atoms with Crippen molar-refractivity contribution in [2.75, 3.05) is 6.61 Å². The number of aliphatic hydroxyl groups excluding tert-OH is 12. The highest BCUT2D eigenvalue weighted by atomic mass is 16.6. The van der Waals surface area contributed by atoms with E-state index in [-0.39, 0.29) is 31.3 Å². The first-order valence-corrected chi connectivity index (χ1v) is 17.8. The van der Waals surface area contributed by atoms with Gasteiger partial charge in [0.1, 0.15) is 61.0 Å². The molecular formula is C38H60O14. The Bertz CT molecular complexity index is 1190. The van der Waals surface area contributed by atoms with E-state index < -0.39 is 98.2 Å². The smallest absolute Gasteiger partial charge is 0.115 e. The van der Waals surface area contributed by atoms with Gasteiger partial charge >= 0.3 is 0 Å². The lowest BCUT2D eigenvalue weighted by molar-refractivity contribution is -0.234. The van der Waals surface area contributed by atoms with Crippen LogP contribution in [-0.4, -0.2) is 159 Å². The van der Waals surface area contributed by atoms with Crippen LogP contribution in [0.5, 0.6) is 0 Å². The molecule has 2 aliphatic heterocycles. The van der Waals surface area contributed by atoms with E-state index in [1.54, 1.807) is 12.2 Å². The van der Waals surface area contributed by atoms with Gasteiger partial charge in [0, 0.05) is 12.8 Å². The molecule has 14 heteroatoms. The Morgan fingerprint density at radius 1 is 0.654 bits per heavy atom. The van der Waals surface area contributed by atoms with E-state index in [1.165, 1.54) is 6.08 Å². The van der Waals surface area contributed by atoms with Crippen molar-refractivity contribution < 1.29 is 70.8 Å². The number of rotatable bonds is 22. The second-order valence-electron chi connectivity index (χ2n) is 13.3. The van der Waals surface area contributed by atoms with Crippen molar-refractivity contribution in [1.82, 2.24) is 0 Å². The summed E-state index contributed by atoms with van der Waals surface area (Å²) in [5.74, 6) is 0. The molecule has 0 aromatic heterocycles. The van der Waals surface area contributed by atoms with Crippen molar-refractivity contribution in [3.05, 3.63) is 85.6 Å². The number of aliphatic hydroxyl groups is 12. The van der Waals surface area contributed by atoms with Crippen LogP contribution < -0.4 is 0 Å². The molecule has 0 aromatic rings. The fraction of sp³-hybridized carbons (Fsp3) is 0.632. The monoisotopic (exact) mass is 740 g/mol. The Morgan fingerprint density at radius 2 is 1.15 bits per heavy atom. The highest BCUT2D eigenvalue weighted by Crippen LogP contribution is 2.31. The van der Waals surface area contributed by atoms with E-state index in [4.69, 9.17) is 14.6 Å². The Kier molecular flexibility index (Phi) is 21.2. The van der Waals surface area contributed by atoms with Gasteiger partial charge in [-0.15, -0.1) is 0 Å². The summed E-state index contributed by atoms with van der Waals surface area (Å²) in [4.78, 5) is 0. The Hall–Kier alpha value is -2.38. The first-order valence-electron chi connectivity index (χ1n) is 17.8. The molecule has 0 aromatic carbocycles. The van der Waals surface area contributed by atoms with Gasteiger partial charge in [-0.3, -0.25) is 0 Å². The standard InChI is InChI=1S/C38H60O14/c1-3-4-5-6-7-8-9-10-11-12-13-14-15-16-17-25(41)32(46)37-34(48)27(43)21-30(52-37)36(50)31(45)23(2)18-19-24(40)29-20-26(42)33(47)38(51-29)35(49)28(44)22-39/h3-5,8-13,16-17,24-50H,1-2,6-7,14-15,18-22H2/b5-4+,9-8+,11-10+,13-12+,17-16+/t24-,25-,26-,27-,28-,29-,30-,31-,32+,33-,34-,35-,36+,37+,38-/m1/s1. The largest absolute Gasteiger partial charge is 0.394 e. The SMILES string of the molecule is C=C/C=C/CC/C=C/C=C/C=C/CC/C=C/[C@@H](O)[C@H](O)[C@@H]1O[C@@H]([C@H](O)[C@H](O)C(=C)CC[C@@H](O)[C@H]2C[C@@H](O)[C@@H](O)[C@H]([C@H](O)[C@H](O)CO)O2)C[C@@H](O)[C@H]1O. The van der Waals surface area contributed by atoms with Crippen molar-refractivity contribution in [2.24, 2.45) is 0 Å². The molecule has 0 spiro atoms. The maximum Gasteiger partial charge on any atom is 0.115 e. The van der Waals surface area contributed by atoms with Gasteiger partial charge in [-0.25, -0.2) is 0 Å². The van der Waals surface area contributed by atoms with E-state index in [0.29, 0.717) is 12.8 Å². The lowest BCUT2D eigenvalue weighted by Gasteiger charge is -2.42. The van der Waals surface area contributed by atoms with Crippen LogP contribution in [0.2, 0.25) is 0 Å². The van der Waals surface area contributed by atoms with Crippen molar-refractivity contribution in [3.63, 3.8) is 0 Å². The molecule has 14 nitrogen and oxygen atoms in total. The summed E-state index contributed by atoms with van der Waals surface area (Å²) in [6, 6.07) is 0. The topological polar surface area (TPSA) is 261 Å². The zero-order valence-corrected chi connectivity index (χ0v) is 29.5. The molecule has 0 radical (unpaired) electrons. The number of unbranched alkanes of at least 4 members (excludes halogenated alkanes) is 2. The zero-order valence-electron chi connectivity index (χ0n) is 29.5. The molecule has 0 saturated carbocycles. The zero-order chi connectivity index (χ0) is 38.8. The molecule has 12 N–H and O–H groups in total. The molecule has 52 heavy (non-hydrogen) atoms. The van der Waals surface area contributed by atoms with Gasteiger partial charge in [0.15, 0.2) is 0 Å². The number of allylic oxidation sites excluding steroid dienone is 10. The van der Waals surface area contributed by atoms with Crippen LogP contribution in [0.3, 0.4) is 0 Å². The van der Waals surface area contributed by atoms with Crippen molar-refractivity contribution in [3.8, 4) is 0 Å². The summed E-state index contributed by atoms with van der Waals surface area (Å²) in [6.07, 6.45) is 0.0179. The lowest BCUT2D eigenvalue weighted by Crippen LogP contribution is -2.59. The minimum atomic E-state index is -1.75. The maximum absolute atomic E-state index is 10.9. The third-order valence-corrected chi connectivity index (χ3v) is 9.20. The van der Waals surface area contributed by atoms with Gasteiger partial charge in [0.2, 0.25) is 0 Å². The van der Waals surface area contributed by atoms with Crippen LogP contribution in [-0.2, 0) is 9.47 Å².